The second-order valence-electron chi connectivity index (χ2n) is 5.04. The summed E-state index contributed by atoms with van der Waals surface area (Å²) in [4.78, 5) is 0. The number of nitrogens with two attached hydrogens (primary N) is 1. The number of hydrazine groups is 1. The van der Waals surface area contributed by atoms with Gasteiger partial charge in [0.15, 0.2) is 0 Å². The summed E-state index contributed by atoms with van der Waals surface area (Å²) in [5, 5.41) is 0. The van der Waals surface area contributed by atoms with Gasteiger partial charge < -0.3 is 4.74 Å². The zero-order chi connectivity index (χ0) is 14.1. The van der Waals surface area contributed by atoms with Crippen molar-refractivity contribution in [1.82, 2.24) is 5.43 Å². The number of aryl methyl sites for hydroxylation is 1. The largest absolute Gasteiger partial charge is 0.493 e. The highest BCUT2D eigenvalue weighted by atomic mass is 19.1. The molecule has 3 rings (SSSR count). The fourth-order valence-electron chi connectivity index (χ4n) is 2.68. The van der Waals surface area contributed by atoms with Gasteiger partial charge in [0, 0.05) is 12.0 Å². The van der Waals surface area contributed by atoms with E-state index in [9.17, 15) is 4.39 Å². The van der Waals surface area contributed by atoms with Crippen LogP contribution in [0, 0.1) is 12.7 Å². The van der Waals surface area contributed by atoms with Crippen LogP contribution < -0.4 is 16.0 Å². The highest BCUT2D eigenvalue weighted by molar-refractivity contribution is 5.49. The number of rotatable bonds is 3. The van der Waals surface area contributed by atoms with Crippen LogP contribution in [0.2, 0.25) is 0 Å². The summed E-state index contributed by atoms with van der Waals surface area (Å²) >= 11 is 0. The average Bonchev–Trinajstić information content (AvgIpc) is 2.93. The SMILES string of the molecule is Cc1cc(C(NN)c2cccc3c2OCC3)ccc1F. The van der Waals surface area contributed by atoms with E-state index in [0.717, 1.165) is 23.3 Å². The summed E-state index contributed by atoms with van der Waals surface area (Å²) in [6.45, 7) is 2.45. The van der Waals surface area contributed by atoms with Crippen LogP contribution in [0.4, 0.5) is 4.39 Å². The average molecular weight is 272 g/mol. The van der Waals surface area contributed by atoms with Gasteiger partial charge in [-0.25, -0.2) is 9.82 Å². The van der Waals surface area contributed by atoms with Crippen LogP contribution >= 0.6 is 0 Å². The first-order valence-electron chi connectivity index (χ1n) is 6.67. The molecular formula is C16H17FN2O. The van der Waals surface area contributed by atoms with Gasteiger partial charge >= 0.3 is 0 Å². The summed E-state index contributed by atoms with van der Waals surface area (Å²) in [5.41, 5.74) is 6.53. The van der Waals surface area contributed by atoms with Crippen molar-refractivity contribution >= 4 is 0 Å². The molecule has 0 bridgehead atoms. The maximum absolute atomic E-state index is 13.4. The van der Waals surface area contributed by atoms with E-state index in [4.69, 9.17) is 10.6 Å². The van der Waals surface area contributed by atoms with Crippen molar-refractivity contribution in [2.45, 2.75) is 19.4 Å². The molecule has 2 aromatic carbocycles. The normalized spacial score (nSPS) is 14.8. The molecular weight excluding hydrogens is 255 g/mol. The molecule has 4 heteroatoms. The quantitative estimate of drug-likeness (QED) is 0.667. The van der Waals surface area contributed by atoms with Crippen LogP contribution in [0.1, 0.15) is 28.3 Å². The molecule has 1 heterocycles. The molecule has 0 saturated carbocycles. The molecule has 1 atom stereocenters. The lowest BCUT2D eigenvalue weighted by atomic mass is 9.95. The molecule has 0 aromatic heterocycles. The van der Waals surface area contributed by atoms with Gasteiger partial charge in [-0.3, -0.25) is 5.84 Å². The zero-order valence-electron chi connectivity index (χ0n) is 11.3. The number of halogens is 1. The fourth-order valence-corrected chi connectivity index (χ4v) is 2.68. The lowest BCUT2D eigenvalue weighted by molar-refractivity contribution is 0.350. The monoisotopic (exact) mass is 272 g/mol. The maximum atomic E-state index is 13.4. The van der Waals surface area contributed by atoms with Crippen LogP contribution in [0.5, 0.6) is 5.75 Å². The molecule has 0 saturated heterocycles. The Bertz CT molecular complexity index is 642. The third-order valence-corrected chi connectivity index (χ3v) is 3.74. The van der Waals surface area contributed by atoms with E-state index < -0.39 is 0 Å². The molecule has 0 amide bonds. The van der Waals surface area contributed by atoms with E-state index in [-0.39, 0.29) is 11.9 Å². The molecule has 104 valence electrons. The molecule has 0 radical (unpaired) electrons. The van der Waals surface area contributed by atoms with Gasteiger partial charge in [-0.2, -0.15) is 0 Å². The third-order valence-electron chi connectivity index (χ3n) is 3.74. The Balaban J connectivity index is 2.06. The smallest absolute Gasteiger partial charge is 0.127 e. The summed E-state index contributed by atoms with van der Waals surface area (Å²) in [5.74, 6) is 6.41. The van der Waals surface area contributed by atoms with Gasteiger partial charge in [-0.15, -0.1) is 0 Å². The Morgan fingerprint density at radius 2 is 2.15 bits per heavy atom. The van der Waals surface area contributed by atoms with E-state index in [0.29, 0.717) is 12.2 Å². The van der Waals surface area contributed by atoms with Crippen molar-refractivity contribution < 1.29 is 9.13 Å². The Kier molecular flexibility index (Phi) is 3.42. The van der Waals surface area contributed by atoms with Crippen LogP contribution in [-0.2, 0) is 6.42 Å². The Morgan fingerprint density at radius 3 is 2.90 bits per heavy atom. The first kappa shape index (κ1) is 13.1. The van der Waals surface area contributed by atoms with E-state index in [1.165, 1.54) is 11.6 Å². The summed E-state index contributed by atoms with van der Waals surface area (Å²) in [6.07, 6.45) is 0.920. The molecule has 1 aliphatic rings. The van der Waals surface area contributed by atoms with Crippen LogP contribution in [0.15, 0.2) is 36.4 Å². The molecule has 3 nitrogen and oxygen atoms in total. The van der Waals surface area contributed by atoms with Crippen LogP contribution in [0.3, 0.4) is 0 Å². The van der Waals surface area contributed by atoms with Crippen molar-refractivity contribution in [3.8, 4) is 5.75 Å². The number of ether oxygens (including phenoxy) is 1. The lowest BCUT2D eigenvalue weighted by Gasteiger charge is -2.20. The molecule has 20 heavy (non-hydrogen) atoms. The predicted molar refractivity (Wildman–Crippen MR) is 75.9 cm³/mol. The number of hydrogen-bond acceptors (Lipinski definition) is 3. The second kappa shape index (κ2) is 5.23. The van der Waals surface area contributed by atoms with E-state index in [2.05, 4.69) is 11.5 Å². The Morgan fingerprint density at radius 1 is 1.30 bits per heavy atom. The van der Waals surface area contributed by atoms with Crippen molar-refractivity contribution in [3.05, 3.63) is 64.5 Å². The summed E-state index contributed by atoms with van der Waals surface area (Å²) < 4.78 is 19.1. The topological polar surface area (TPSA) is 47.3 Å². The molecule has 3 N–H and O–H groups in total. The fraction of sp³-hybridized carbons (Fsp3) is 0.250. The first-order chi connectivity index (χ1) is 9.70. The Hall–Kier alpha value is -1.91. The molecule has 1 aliphatic heterocycles. The van der Waals surface area contributed by atoms with Crippen molar-refractivity contribution in [3.63, 3.8) is 0 Å². The van der Waals surface area contributed by atoms with Crippen LogP contribution in [-0.4, -0.2) is 6.61 Å². The zero-order valence-corrected chi connectivity index (χ0v) is 11.3. The third kappa shape index (κ3) is 2.17. The van der Waals surface area contributed by atoms with E-state index in [1.807, 2.05) is 18.2 Å². The molecule has 1 unspecified atom stereocenters. The molecule has 0 spiro atoms. The van der Waals surface area contributed by atoms with Gasteiger partial charge in [-0.1, -0.05) is 30.3 Å². The maximum Gasteiger partial charge on any atom is 0.127 e. The van der Waals surface area contributed by atoms with Gasteiger partial charge in [0.2, 0.25) is 0 Å². The number of benzene rings is 2. The highest BCUT2D eigenvalue weighted by Crippen LogP contribution is 2.36. The minimum absolute atomic E-state index is 0.206. The van der Waals surface area contributed by atoms with Crippen molar-refractivity contribution in [2.75, 3.05) is 6.61 Å². The van der Waals surface area contributed by atoms with Crippen LogP contribution in [0.25, 0.3) is 0 Å². The van der Waals surface area contributed by atoms with Crippen molar-refractivity contribution in [1.29, 1.82) is 0 Å². The second-order valence-corrected chi connectivity index (χ2v) is 5.04. The van der Waals surface area contributed by atoms with Gasteiger partial charge in [-0.05, 0) is 29.7 Å². The highest BCUT2D eigenvalue weighted by Gasteiger charge is 2.22. The number of para-hydroxylation sites is 1. The number of fused-ring (bicyclic) bond motifs is 1. The van der Waals surface area contributed by atoms with Gasteiger partial charge in [0.05, 0.1) is 12.6 Å². The predicted octanol–water partition coefficient (Wildman–Crippen LogP) is 2.62. The number of hydrogen-bond donors (Lipinski definition) is 2. The molecule has 0 fully saturated rings. The molecule has 2 aromatic rings. The van der Waals surface area contributed by atoms with Gasteiger partial charge in [0.25, 0.3) is 0 Å². The minimum atomic E-state index is -0.209. The van der Waals surface area contributed by atoms with Crippen molar-refractivity contribution in [2.24, 2.45) is 5.84 Å². The van der Waals surface area contributed by atoms with E-state index >= 15 is 0 Å². The van der Waals surface area contributed by atoms with Gasteiger partial charge in [0.1, 0.15) is 11.6 Å². The summed E-state index contributed by atoms with van der Waals surface area (Å²) in [6, 6.07) is 10.9. The minimum Gasteiger partial charge on any atom is -0.493 e. The standard InChI is InChI=1S/C16H17FN2O/c1-10-9-12(5-6-14(10)17)15(19-18)13-4-2-3-11-7-8-20-16(11)13/h2-6,9,15,19H,7-8,18H2,1H3. The first-order valence-corrected chi connectivity index (χ1v) is 6.67. The Labute approximate surface area is 117 Å². The number of nitrogens with one attached hydrogen (secondary N) is 1. The summed E-state index contributed by atoms with van der Waals surface area (Å²) in [7, 11) is 0. The van der Waals surface area contributed by atoms with E-state index in [1.54, 1.807) is 13.0 Å². The lowest BCUT2D eigenvalue weighted by Crippen LogP contribution is -2.29. The molecule has 0 aliphatic carbocycles.